The molecule has 0 bridgehead atoms. The Morgan fingerprint density at radius 1 is 1.11 bits per heavy atom. The molecule has 0 saturated heterocycles. The molecule has 0 saturated carbocycles. The van der Waals surface area contributed by atoms with Crippen molar-refractivity contribution in [3.63, 3.8) is 0 Å². The van der Waals surface area contributed by atoms with Crippen molar-refractivity contribution >= 4 is 0 Å². The molecule has 106 valence electrons. The molecule has 0 radical (unpaired) electrons. The molecule has 0 spiro atoms. The van der Waals surface area contributed by atoms with Crippen LogP contribution in [0.3, 0.4) is 0 Å². The van der Waals surface area contributed by atoms with Gasteiger partial charge in [0.1, 0.15) is 0 Å². The Bertz CT molecular complexity index is 397. The number of hydrogen-bond acceptors (Lipinski definition) is 1. The van der Waals surface area contributed by atoms with Crippen LogP contribution >= 0.6 is 0 Å². The Morgan fingerprint density at radius 3 is 2.53 bits per heavy atom. The van der Waals surface area contributed by atoms with Gasteiger partial charge in [-0.1, -0.05) is 38.5 Å². The molecule has 0 aromatic heterocycles. The van der Waals surface area contributed by atoms with Crippen molar-refractivity contribution in [1.29, 1.82) is 0 Å². The molecule has 2 unspecified atom stereocenters. The molecule has 1 aromatic rings. The lowest BCUT2D eigenvalue weighted by Crippen LogP contribution is -2.31. The molecule has 1 N–H and O–H groups in total. The topological polar surface area (TPSA) is 12.0 Å². The lowest BCUT2D eigenvalue weighted by Gasteiger charge is -2.24. The summed E-state index contributed by atoms with van der Waals surface area (Å²) >= 11 is 0. The van der Waals surface area contributed by atoms with Crippen LogP contribution < -0.4 is 5.32 Å². The highest BCUT2D eigenvalue weighted by atomic mass is 14.9. The maximum absolute atomic E-state index is 3.79. The van der Waals surface area contributed by atoms with Crippen molar-refractivity contribution in [3.05, 3.63) is 34.9 Å². The molecule has 2 atom stereocenters. The first kappa shape index (κ1) is 14.6. The fourth-order valence-electron chi connectivity index (χ4n) is 3.23. The first-order chi connectivity index (χ1) is 9.24. The van der Waals surface area contributed by atoms with Crippen LogP contribution in [0.25, 0.3) is 0 Å². The van der Waals surface area contributed by atoms with E-state index in [-0.39, 0.29) is 0 Å². The maximum Gasteiger partial charge on any atom is 0.0294 e. The minimum Gasteiger partial charge on any atom is -0.307 e. The summed E-state index contributed by atoms with van der Waals surface area (Å²) in [6, 6.07) is 8.29. The van der Waals surface area contributed by atoms with E-state index >= 15 is 0 Å². The van der Waals surface area contributed by atoms with Gasteiger partial charge >= 0.3 is 0 Å². The van der Waals surface area contributed by atoms with Gasteiger partial charge in [0.25, 0.3) is 0 Å². The van der Waals surface area contributed by atoms with Gasteiger partial charge in [0, 0.05) is 12.1 Å². The minimum absolute atomic E-state index is 0.476. The molecular weight excluding hydrogens is 230 g/mol. The van der Waals surface area contributed by atoms with Crippen LogP contribution in [0.5, 0.6) is 0 Å². The predicted molar refractivity (Wildman–Crippen MR) is 83.6 cm³/mol. The fraction of sp³-hybridized carbons (Fsp3) is 0.667. The van der Waals surface area contributed by atoms with Crippen LogP contribution in [0.1, 0.15) is 75.6 Å². The summed E-state index contributed by atoms with van der Waals surface area (Å²) in [5.41, 5.74) is 4.65. The predicted octanol–water partition coefficient (Wildman–Crippen LogP) is 4.79. The van der Waals surface area contributed by atoms with Gasteiger partial charge in [-0.25, -0.2) is 0 Å². The van der Waals surface area contributed by atoms with E-state index in [2.05, 4.69) is 44.3 Å². The van der Waals surface area contributed by atoms with Crippen molar-refractivity contribution in [2.45, 2.75) is 77.8 Å². The number of fused-ring (bicyclic) bond motifs is 1. The van der Waals surface area contributed by atoms with Gasteiger partial charge in [-0.2, -0.15) is 0 Å². The second kappa shape index (κ2) is 7.09. The normalized spacial score (nSPS) is 17.8. The van der Waals surface area contributed by atoms with E-state index in [9.17, 15) is 0 Å². The summed E-state index contributed by atoms with van der Waals surface area (Å²) in [5.74, 6) is 0. The molecule has 1 aliphatic carbocycles. The second-order valence-electron chi connectivity index (χ2n) is 6.02. The summed E-state index contributed by atoms with van der Waals surface area (Å²) < 4.78 is 0. The standard InChI is InChI=1S/C18H29N/c1-4-8-18(5-2)19-14(3)16-12-11-15-9-6-7-10-17(15)13-16/h11-14,18-19H,4-10H2,1-3H3. The summed E-state index contributed by atoms with van der Waals surface area (Å²) in [5, 5.41) is 3.79. The summed E-state index contributed by atoms with van der Waals surface area (Å²) in [6.07, 6.45) is 9.07. The highest BCUT2D eigenvalue weighted by Crippen LogP contribution is 2.25. The lowest BCUT2D eigenvalue weighted by atomic mass is 9.89. The van der Waals surface area contributed by atoms with Gasteiger partial charge in [0.2, 0.25) is 0 Å². The van der Waals surface area contributed by atoms with E-state index in [1.165, 1.54) is 50.5 Å². The Balaban J connectivity index is 2.04. The molecule has 1 nitrogen and oxygen atoms in total. The van der Waals surface area contributed by atoms with Crippen molar-refractivity contribution in [2.24, 2.45) is 0 Å². The van der Waals surface area contributed by atoms with E-state index in [0.29, 0.717) is 12.1 Å². The van der Waals surface area contributed by atoms with Crippen LogP contribution in [0.4, 0.5) is 0 Å². The summed E-state index contributed by atoms with van der Waals surface area (Å²) in [7, 11) is 0. The molecule has 19 heavy (non-hydrogen) atoms. The molecule has 0 amide bonds. The highest BCUT2D eigenvalue weighted by Gasteiger charge is 2.14. The Hall–Kier alpha value is -0.820. The quantitative estimate of drug-likeness (QED) is 0.774. The van der Waals surface area contributed by atoms with Crippen LogP contribution in [-0.4, -0.2) is 6.04 Å². The SMILES string of the molecule is CCCC(CC)NC(C)c1ccc2c(c1)CCCC2. The molecular formula is C18H29N. The van der Waals surface area contributed by atoms with Gasteiger partial charge in [0.05, 0.1) is 0 Å². The second-order valence-corrected chi connectivity index (χ2v) is 6.02. The van der Waals surface area contributed by atoms with Crippen LogP contribution in [-0.2, 0) is 12.8 Å². The van der Waals surface area contributed by atoms with E-state index < -0.39 is 0 Å². The van der Waals surface area contributed by atoms with E-state index in [1.807, 2.05) is 0 Å². The molecule has 0 heterocycles. The zero-order chi connectivity index (χ0) is 13.7. The Kier molecular flexibility index (Phi) is 5.45. The smallest absolute Gasteiger partial charge is 0.0294 e. The van der Waals surface area contributed by atoms with Crippen molar-refractivity contribution < 1.29 is 0 Å². The third-order valence-corrected chi connectivity index (χ3v) is 4.49. The molecule has 1 heteroatoms. The Labute approximate surface area is 118 Å². The number of benzene rings is 1. The number of aryl methyl sites for hydroxylation is 2. The fourth-order valence-corrected chi connectivity index (χ4v) is 3.23. The average molecular weight is 259 g/mol. The molecule has 0 fully saturated rings. The maximum atomic E-state index is 3.79. The van der Waals surface area contributed by atoms with Gasteiger partial charge in [-0.15, -0.1) is 0 Å². The monoisotopic (exact) mass is 259 g/mol. The largest absolute Gasteiger partial charge is 0.307 e. The number of nitrogens with one attached hydrogen (secondary N) is 1. The van der Waals surface area contributed by atoms with Crippen molar-refractivity contribution in [1.82, 2.24) is 5.32 Å². The Morgan fingerprint density at radius 2 is 1.84 bits per heavy atom. The third-order valence-electron chi connectivity index (χ3n) is 4.49. The third kappa shape index (κ3) is 3.82. The average Bonchev–Trinajstić information content (AvgIpc) is 2.46. The van der Waals surface area contributed by atoms with Gasteiger partial charge < -0.3 is 5.32 Å². The highest BCUT2D eigenvalue weighted by molar-refractivity contribution is 5.35. The van der Waals surface area contributed by atoms with E-state index in [0.717, 1.165) is 0 Å². The van der Waals surface area contributed by atoms with Crippen LogP contribution in [0, 0.1) is 0 Å². The molecule has 1 aromatic carbocycles. The van der Waals surface area contributed by atoms with E-state index in [4.69, 9.17) is 0 Å². The van der Waals surface area contributed by atoms with Gasteiger partial charge in [-0.05, 0) is 62.1 Å². The molecule has 0 aliphatic heterocycles. The van der Waals surface area contributed by atoms with Crippen LogP contribution in [0.2, 0.25) is 0 Å². The lowest BCUT2D eigenvalue weighted by molar-refractivity contribution is 0.417. The van der Waals surface area contributed by atoms with Gasteiger partial charge in [-0.3, -0.25) is 0 Å². The molecule has 2 rings (SSSR count). The zero-order valence-corrected chi connectivity index (χ0v) is 12.8. The number of hydrogen-bond donors (Lipinski definition) is 1. The summed E-state index contributed by atoms with van der Waals surface area (Å²) in [4.78, 5) is 0. The summed E-state index contributed by atoms with van der Waals surface area (Å²) in [6.45, 7) is 6.86. The van der Waals surface area contributed by atoms with Crippen LogP contribution in [0.15, 0.2) is 18.2 Å². The first-order valence-electron chi connectivity index (χ1n) is 8.12. The van der Waals surface area contributed by atoms with E-state index in [1.54, 1.807) is 11.1 Å². The molecule has 1 aliphatic rings. The minimum atomic E-state index is 0.476. The van der Waals surface area contributed by atoms with Crippen molar-refractivity contribution in [2.75, 3.05) is 0 Å². The first-order valence-corrected chi connectivity index (χ1v) is 8.12. The zero-order valence-electron chi connectivity index (χ0n) is 12.8. The number of rotatable bonds is 6. The van der Waals surface area contributed by atoms with Crippen molar-refractivity contribution in [3.8, 4) is 0 Å². The van der Waals surface area contributed by atoms with Gasteiger partial charge in [0.15, 0.2) is 0 Å².